The number of ether oxygens (including phenoxy) is 2. The molecular formula is C17H22BrFO2. The van der Waals surface area contributed by atoms with Gasteiger partial charge in [0.25, 0.3) is 0 Å². The minimum absolute atomic E-state index is 0.0216. The van der Waals surface area contributed by atoms with Gasteiger partial charge in [-0.25, -0.2) is 4.39 Å². The van der Waals surface area contributed by atoms with Gasteiger partial charge in [-0.1, -0.05) is 48.0 Å². The SMILES string of the molecule is CC(C)C12CC(OCc3ccccc3F)C(C)(CC1Br)O2. The van der Waals surface area contributed by atoms with E-state index in [1.807, 2.05) is 6.07 Å². The molecule has 2 fully saturated rings. The summed E-state index contributed by atoms with van der Waals surface area (Å²) in [6.45, 7) is 6.81. The molecule has 0 aromatic heterocycles. The van der Waals surface area contributed by atoms with Gasteiger partial charge in [0.1, 0.15) is 5.82 Å². The summed E-state index contributed by atoms with van der Waals surface area (Å²) in [5.41, 5.74) is 0.177. The molecule has 0 N–H and O–H groups in total. The zero-order valence-corrected chi connectivity index (χ0v) is 14.3. The van der Waals surface area contributed by atoms with Gasteiger partial charge in [-0.05, 0) is 25.3 Å². The normalized spacial score (nSPS) is 38.4. The third kappa shape index (κ3) is 2.45. The summed E-state index contributed by atoms with van der Waals surface area (Å²) in [6, 6.07) is 6.79. The lowest BCUT2D eigenvalue weighted by atomic mass is 9.75. The summed E-state index contributed by atoms with van der Waals surface area (Å²) >= 11 is 3.78. The lowest BCUT2D eigenvalue weighted by molar-refractivity contribution is -0.0957. The third-order valence-corrected chi connectivity index (χ3v) is 6.20. The van der Waals surface area contributed by atoms with E-state index in [1.165, 1.54) is 6.07 Å². The third-order valence-electron chi connectivity index (χ3n) is 5.10. The largest absolute Gasteiger partial charge is 0.370 e. The first-order valence-electron chi connectivity index (χ1n) is 7.57. The van der Waals surface area contributed by atoms with Gasteiger partial charge in [0.15, 0.2) is 0 Å². The first-order valence-corrected chi connectivity index (χ1v) is 8.48. The summed E-state index contributed by atoms with van der Waals surface area (Å²) in [7, 11) is 0. The zero-order chi connectivity index (χ0) is 15.3. The highest BCUT2D eigenvalue weighted by atomic mass is 79.9. The van der Waals surface area contributed by atoms with Crippen LogP contribution in [0, 0.1) is 11.7 Å². The number of hydrogen-bond acceptors (Lipinski definition) is 2. The first kappa shape index (κ1) is 15.4. The van der Waals surface area contributed by atoms with E-state index in [-0.39, 0.29) is 23.1 Å². The molecule has 3 rings (SSSR count). The predicted octanol–water partition coefficient (Wildman–Crippen LogP) is 4.45. The Labute approximate surface area is 134 Å². The minimum Gasteiger partial charge on any atom is -0.370 e. The second-order valence-corrected chi connectivity index (χ2v) is 7.90. The standard InChI is InChI=1S/C17H22BrFO2/c1-11(2)17-9-15(16(3,21-17)8-14(17)18)20-10-12-6-4-5-7-13(12)19/h4-7,11,14-15H,8-10H2,1-3H3. The molecule has 0 radical (unpaired) electrons. The van der Waals surface area contributed by atoms with Crippen molar-refractivity contribution >= 4 is 15.9 Å². The van der Waals surface area contributed by atoms with Crippen LogP contribution in [0.25, 0.3) is 0 Å². The van der Waals surface area contributed by atoms with Crippen LogP contribution in [0.2, 0.25) is 0 Å². The Morgan fingerprint density at radius 1 is 1.38 bits per heavy atom. The fourth-order valence-corrected chi connectivity index (χ4v) is 5.15. The second kappa shape index (κ2) is 5.32. The fourth-order valence-electron chi connectivity index (χ4n) is 3.70. The Bertz CT molecular complexity index is 535. The van der Waals surface area contributed by atoms with Crippen molar-refractivity contribution in [2.75, 3.05) is 0 Å². The van der Waals surface area contributed by atoms with Crippen LogP contribution >= 0.6 is 15.9 Å². The molecule has 2 saturated heterocycles. The first-order chi connectivity index (χ1) is 9.87. The lowest BCUT2D eigenvalue weighted by Crippen LogP contribution is -2.44. The van der Waals surface area contributed by atoms with Crippen LogP contribution in [0.15, 0.2) is 24.3 Å². The highest BCUT2D eigenvalue weighted by Crippen LogP contribution is 2.57. The summed E-state index contributed by atoms with van der Waals surface area (Å²) in [6.07, 6.45) is 1.83. The van der Waals surface area contributed by atoms with E-state index in [1.54, 1.807) is 12.1 Å². The molecule has 4 unspecified atom stereocenters. The van der Waals surface area contributed by atoms with Gasteiger partial charge >= 0.3 is 0 Å². The van der Waals surface area contributed by atoms with E-state index >= 15 is 0 Å². The topological polar surface area (TPSA) is 18.5 Å². The van der Waals surface area contributed by atoms with Crippen LogP contribution in [0.4, 0.5) is 4.39 Å². The molecule has 2 nitrogen and oxygen atoms in total. The molecular weight excluding hydrogens is 335 g/mol. The van der Waals surface area contributed by atoms with E-state index < -0.39 is 0 Å². The number of benzene rings is 1. The van der Waals surface area contributed by atoms with E-state index in [0.29, 0.717) is 22.9 Å². The maximum absolute atomic E-state index is 13.7. The van der Waals surface area contributed by atoms with E-state index in [4.69, 9.17) is 9.47 Å². The van der Waals surface area contributed by atoms with Crippen molar-refractivity contribution in [3.8, 4) is 0 Å². The number of hydrogen-bond donors (Lipinski definition) is 0. The molecule has 4 atom stereocenters. The highest BCUT2D eigenvalue weighted by Gasteiger charge is 2.65. The van der Waals surface area contributed by atoms with Crippen molar-refractivity contribution in [1.82, 2.24) is 0 Å². The smallest absolute Gasteiger partial charge is 0.128 e. The van der Waals surface area contributed by atoms with Gasteiger partial charge < -0.3 is 9.47 Å². The van der Waals surface area contributed by atoms with Gasteiger partial charge in [-0.3, -0.25) is 0 Å². The number of rotatable bonds is 4. The van der Waals surface area contributed by atoms with Crippen LogP contribution in [-0.4, -0.2) is 22.1 Å². The number of halogens is 2. The van der Waals surface area contributed by atoms with Crippen LogP contribution < -0.4 is 0 Å². The van der Waals surface area contributed by atoms with E-state index in [9.17, 15) is 4.39 Å². The minimum atomic E-state index is -0.274. The van der Waals surface area contributed by atoms with Gasteiger partial charge in [0.2, 0.25) is 0 Å². The molecule has 0 amide bonds. The second-order valence-electron chi connectivity index (χ2n) is 6.79. The number of fused-ring (bicyclic) bond motifs is 2. The van der Waals surface area contributed by atoms with Crippen molar-refractivity contribution < 1.29 is 13.9 Å². The molecule has 1 aromatic carbocycles. The quantitative estimate of drug-likeness (QED) is 0.741. The Morgan fingerprint density at radius 2 is 2.10 bits per heavy atom. The van der Waals surface area contributed by atoms with Crippen LogP contribution in [0.3, 0.4) is 0 Å². The number of alkyl halides is 1. The lowest BCUT2D eigenvalue weighted by Gasteiger charge is -2.35. The summed E-state index contributed by atoms with van der Waals surface area (Å²) in [4.78, 5) is 0.364. The molecule has 0 spiro atoms. The predicted molar refractivity (Wildman–Crippen MR) is 84.0 cm³/mol. The zero-order valence-electron chi connectivity index (χ0n) is 12.7. The van der Waals surface area contributed by atoms with E-state index in [2.05, 4.69) is 36.7 Å². The Hall–Kier alpha value is -0.450. The molecule has 116 valence electrons. The Balaban J connectivity index is 1.73. The molecule has 2 aliphatic rings. The molecule has 2 heterocycles. The van der Waals surface area contributed by atoms with Crippen molar-refractivity contribution in [2.45, 2.75) is 62.4 Å². The van der Waals surface area contributed by atoms with Crippen molar-refractivity contribution in [3.63, 3.8) is 0 Å². The van der Waals surface area contributed by atoms with Gasteiger partial charge in [0.05, 0.1) is 23.9 Å². The van der Waals surface area contributed by atoms with Crippen molar-refractivity contribution in [2.24, 2.45) is 5.92 Å². The average Bonchev–Trinajstić information content (AvgIpc) is 2.86. The molecule has 21 heavy (non-hydrogen) atoms. The van der Waals surface area contributed by atoms with E-state index in [0.717, 1.165) is 12.8 Å². The molecule has 4 heteroatoms. The summed E-state index contributed by atoms with van der Waals surface area (Å²) in [5.74, 6) is 0.217. The maximum Gasteiger partial charge on any atom is 0.128 e. The highest BCUT2D eigenvalue weighted by molar-refractivity contribution is 9.09. The summed E-state index contributed by atoms with van der Waals surface area (Å²) < 4.78 is 26.1. The van der Waals surface area contributed by atoms with Gasteiger partial charge in [0, 0.05) is 16.8 Å². The molecule has 2 bridgehead atoms. The average molecular weight is 357 g/mol. The Morgan fingerprint density at radius 3 is 2.71 bits per heavy atom. The van der Waals surface area contributed by atoms with Crippen LogP contribution in [0.5, 0.6) is 0 Å². The van der Waals surface area contributed by atoms with Gasteiger partial charge in [-0.2, -0.15) is 0 Å². The van der Waals surface area contributed by atoms with Crippen molar-refractivity contribution in [3.05, 3.63) is 35.6 Å². The maximum atomic E-state index is 13.7. The van der Waals surface area contributed by atoms with Crippen molar-refractivity contribution in [1.29, 1.82) is 0 Å². The Kier molecular flexibility index (Phi) is 3.92. The van der Waals surface area contributed by atoms with Gasteiger partial charge in [-0.15, -0.1) is 0 Å². The molecule has 0 saturated carbocycles. The molecule has 0 aliphatic carbocycles. The van der Waals surface area contributed by atoms with Crippen LogP contribution in [0.1, 0.15) is 39.2 Å². The molecule has 2 aliphatic heterocycles. The fraction of sp³-hybridized carbons (Fsp3) is 0.647. The monoisotopic (exact) mass is 356 g/mol. The summed E-state index contributed by atoms with van der Waals surface area (Å²) in [5, 5.41) is 0. The van der Waals surface area contributed by atoms with Crippen LogP contribution in [-0.2, 0) is 16.1 Å². The molecule has 1 aromatic rings.